The van der Waals surface area contributed by atoms with Crippen LogP contribution in [0.1, 0.15) is 4.88 Å². The number of ether oxygens (including phenoxy) is 2. The highest BCUT2D eigenvalue weighted by Crippen LogP contribution is 2.37. The molecule has 2 aromatic rings. The Hall–Kier alpha value is -1.25. The van der Waals surface area contributed by atoms with Crippen LogP contribution in [0.4, 0.5) is 5.69 Å². The van der Waals surface area contributed by atoms with E-state index in [-0.39, 0.29) is 4.21 Å². The number of nitrogens with one attached hydrogen (secondary N) is 1. The molecule has 0 fully saturated rings. The molecular formula is C13H14BrNO4S2. The Morgan fingerprint density at radius 2 is 1.76 bits per heavy atom. The van der Waals surface area contributed by atoms with E-state index >= 15 is 0 Å². The molecule has 0 atom stereocenters. The zero-order chi connectivity index (χ0) is 15.6. The normalized spacial score (nSPS) is 11.2. The number of halogens is 1. The van der Waals surface area contributed by atoms with Crippen LogP contribution >= 0.6 is 27.3 Å². The molecule has 5 nitrogen and oxygen atoms in total. The predicted octanol–water partition coefficient (Wildman–Crippen LogP) is 3.64. The molecule has 0 aliphatic heterocycles. The average molecular weight is 392 g/mol. The topological polar surface area (TPSA) is 64.6 Å². The average Bonchev–Trinajstić information content (AvgIpc) is 2.88. The molecule has 21 heavy (non-hydrogen) atoms. The Morgan fingerprint density at radius 1 is 1.14 bits per heavy atom. The van der Waals surface area contributed by atoms with E-state index in [0.29, 0.717) is 21.7 Å². The van der Waals surface area contributed by atoms with Gasteiger partial charge in [-0.05, 0) is 35.0 Å². The van der Waals surface area contributed by atoms with E-state index in [2.05, 4.69) is 20.7 Å². The molecular weight excluding hydrogens is 378 g/mol. The van der Waals surface area contributed by atoms with E-state index in [1.54, 1.807) is 24.3 Å². The highest BCUT2D eigenvalue weighted by molar-refractivity contribution is 9.10. The second-order valence-corrected chi connectivity index (χ2v) is 8.21. The van der Waals surface area contributed by atoms with Crippen molar-refractivity contribution in [2.75, 3.05) is 18.9 Å². The summed E-state index contributed by atoms with van der Waals surface area (Å²) in [4.78, 5) is 0.932. The molecule has 114 valence electrons. The minimum Gasteiger partial charge on any atom is -0.493 e. The number of anilines is 1. The second kappa shape index (κ2) is 6.25. The lowest BCUT2D eigenvalue weighted by atomic mass is 10.3. The van der Waals surface area contributed by atoms with Gasteiger partial charge in [0.05, 0.1) is 19.9 Å². The number of hydrogen-bond acceptors (Lipinski definition) is 5. The zero-order valence-electron chi connectivity index (χ0n) is 11.6. The van der Waals surface area contributed by atoms with Gasteiger partial charge in [-0.25, -0.2) is 8.42 Å². The number of sulfonamides is 1. The molecule has 1 heterocycles. The van der Waals surface area contributed by atoms with Crippen molar-refractivity contribution < 1.29 is 17.9 Å². The van der Waals surface area contributed by atoms with Gasteiger partial charge < -0.3 is 9.47 Å². The molecule has 1 aromatic carbocycles. The van der Waals surface area contributed by atoms with Gasteiger partial charge in [0.25, 0.3) is 10.0 Å². The maximum atomic E-state index is 12.3. The first-order valence-corrected chi connectivity index (χ1v) is 8.97. The molecule has 8 heteroatoms. The summed E-state index contributed by atoms with van der Waals surface area (Å²) in [7, 11) is -0.608. The highest BCUT2D eigenvalue weighted by atomic mass is 79.9. The van der Waals surface area contributed by atoms with Crippen LogP contribution < -0.4 is 14.2 Å². The van der Waals surface area contributed by atoms with Gasteiger partial charge in [0.2, 0.25) is 0 Å². The summed E-state index contributed by atoms with van der Waals surface area (Å²) in [5.41, 5.74) is 0.388. The van der Waals surface area contributed by atoms with Crippen molar-refractivity contribution in [1.82, 2.24) is 0 Å². The van der Waals surface area contributed by atoms with Gasteiger partial charge in [-0.1, -0.05) is 0 Å². The summed E-state index contributed by atoms with van der Waals surface area (Å²) in [6.07, 6.45) is 0. The summed E-state index contributed by atoms with van der Waals surface area (Å²) in [6.45, 7) is 1.86. The van der Waals surface area contributed by atoms with Gasteiger partial charge in [0.15, 0.2) is 11.5 Å². The molecule has 2 rings (SSSR count). The van der Waals surface area contributed by atoms with E-state index in [4.69, 9.17) is 9.47 Å². The number of methoxy groups -OCH3 is 2. The van der Waals surface area contributed by atoms with E-state index in [1.165, 1.54) is 25.6 Å². The summed E-state index contributed by atoms with van der Waals surface area (Å²) in [5, 5.41) is 0. The van der Waals surface area contributed by atoms with Gasteiger partial charge in [-0.3, -0.25) is 4.72 Å². The summed E-state index contributed by atoms with van der Waals surface area (Å²) in [5.74, 6) is 0.958. The third-order valence-corrected chi connectivity index (χ3v) is 6.21. The lowest BCUT2D eigenvalue weighted by Gasteiger charge is -2.13. The smallest absolute Gasteiger partial charge is 0.271 e. The number of benzene rings is 1. The van der Waals surface area contributed by atoms with Gasteiger partial charge in [0.1, 0.15) is 4.21 Å². The molecule has 0 radical (unpaired) electrons. The quantitative estimate of drug-likeness (QED) is 0.844. The van der Waals surface area contributed by atoms with Crippen molar-refractivity contribution >= 4 is 43.0 Å². The minimum absolute atomic E-state index is 0.265. The fourth-order valence-electron chi connectivity index (χ4n) is 1.68. The monoisotopic (exact) mass is 391 g/mol. The summed E-state index contributed by atoms with van der Waals surface area (Å²) >= 11 is 4.54. The maximum Gasteiger partial charge on any atom is 0.271 e. The van der Waals surface area contributed by atoms with Crippen molar-refractivity contribution in [3.8, 4) is 11.5 Å². The SMILES string of the molecule is COc1cc(Br)c(NS(=O)(=O)c2ccc(C)s2)cc1OC. The Kier molecular flexibility index (Phi) is 4.80. The standard InChI is InChI=1S/C13H14BrNO4S2/c1-8-4-5-13(20-8)21(16,17)15-10-7-12(19-3)11(18-2)6-9(10)14/h4-7,15H,1-3H3. The van der Waals surface area contributed by atoms with Crippen molar-refractivity contribution in [2.24, 2.45) is 0 Å². The minimum atomic E-state index is -3.62. The Balaban J connectivity index is 2.39. The molecule has 0 aliphatic rings. The Bertz CT molecular complexity index is 756. The van der Waals surface area contributed by atoms with Crippen LogP contribution in [0.15, 0.2) is 32.9 Å². The van der Waals surface area contributed by atoms with Gasteiger partial charge in [-0.15, -0.1) is 11.3 Å². The van der Waals surface area contributed by atoms with Crippen LogP contribution in [0.2, 0.25) is 0 Å². The fourth-order valence-corrected chi connectivity index (χ4v) is 4.59. The largest absolute Gasteiger partial charge is 0.493 e. The molecule has 0 aliphatic carbocycles. The van der Waals surface area contributed by atoms with Crippen molar-refractivity contribution in [1.29, 1.82) is 0 Å². The number of aryl methyl sites for hydroxylation is 1. The predicted molar refractivity (Wildman–Crippen MR) is 87.1 cm³/mol. The van der Waals surface area contributed by atoms with Gasteiger partial charge in [0, 0.05) is 21.5 Å². The van der Waals surface area contributed by atoms with Crippen LogP contribution in [0.25, 0.3) is 0 Å². The summed E-state index contributed by atoms with van der Waals surface area (Å²) in [6, 6.07) is 6.57. The van der Waals surface area contributed by atoms with Crippen LogP contribution in [0.3, 0.4) is 0 Å². The van der Waals surface area contributed by atoms with Crippen LogP contribution in [0.5, 0.6) is 11.5 Å². The second-order valence-electron chi connectivity index (χ2n) is 4.16. The van der Waals surface area contributed by atoms with Gasteiger partial charge >= 0.3 is 0 Å². The van der Waals surface area contributed by atoms with Crippen LogP contribution in [-0.2, 0) is 10.0 Å². The molecule has 0 spiro atoms. The Labute approximate surface area is 136 Å². The van der Waals surface area contributed by atoms with Crippen molar-refractivity contribution in [3.63, 3.8) is 0 Å². The first kappa shape index (κ1) is 16.1. The molecule has 0 unspecified atom stereocenters. The molecule has 0 amide bonds. The zero-order valence-corrected chi connectivity index (χ0v) is 14.9. The maximum absolute atomic E-state index is 12.3. The first-order valence-electron chi connectivity index (χ1n) is 5.88. The summed E-state index contributed by atoms with van der Waals surface area (Å²) < 4.78 is 38.4. The van der Waals surface area contributed by atoms with E-state index in [9.17, 15) is 8.42 Å². The molecule has 1 N–H and O–H groups in total. The molecule has 0 saturated heterocycles. The number of rotatable bonds is 5. The van der Waals surface area contributed by atoms with E-state index in [1.807, 2.05) is 6.92 Å². The third-order valence-electron chi connectivity index (χ3n) is 2.70. The first-order chi connectivity index (χ1) is 9.87. The van der Waals surface area contributed by atoms with Crippen molar-refractivity contribution in [3.05, 3.63) is 33.6 Å². The van der Waals surface area contributed by atoms with E-state index < -0.39 is 10.0 Å². The lowest BCUT2D eigenvalue weighted by molar-refractivity contribution is 0.355. The molecule has 0 saturated carbocycles. The van der Waals surface area contributed by atoms with Crippen LogP contribution in [0, 0.1) is 6.92 Å². The number of thiophene rings is 1. The van der Waals surface area contributed by atoms with Crippen molar-refractivity contribution in [2.45, 2.75) is 11.1 Å². The third kappa shape index (κ3) is 3.50. The Morgan fingerprint density at radius 3 is 2.29 bits per heavy atom. The molecule has 1 aromatic heterocycles. The number of hydrogen-bond donors (Lipinski definition) is 1. The van der Waals surface area contributed by atoms with Crippen LogP contribution in [-0.4, -0.2) is 22.6 Å². The fraction of sp³-hybridized carbons (Fsp3) is 0.231. The molecule has 0 bridgehead atoms. The van der Waals surface area contributed by atoms with Gasteiger partial charge in [-0.2, -0.15) is 0 Å². The van der Waals surface area contributed by atoms with E-state index in [0.717, 1.165) is 4.88 Å². The lowest BCUT2D eigenvalue weighted by Crippen LogP contribution is -2.12. The highest BCUT2D eigenvalue weighted by Gasteiger charge is 2.19.